The van der Waals surface area contributed by atoms with Gasteiger partial charge in [-0.2, -0.15) is 0 Å². The van der Waals surface area contributed by atoms with Gasteiger partial charge in [-0.05, 0) is 24.6 Å². The lowest BCUT2D eigenvalue weighted by Gasteiger charge is -2.12. The molecule has 2 aromatic rings. The Balaban J connectivity index is 1.96. The van der Waals surface area contributed by atoms with Crippen LogP contribution >= 0.6 is 0 Å². The molecule has 1 heterocycles. The van der Waals surface area contributed by atoms with Crippen molar-refractivity contribution in [3.63, 3.8) is 0 Å². The van der Waals surface area contributed by atoms with E-state index in [1.807, 2.05) is 19.1 Å². The predicted octanol–water partition coefficient (Wildman–Crippen LogP) is 1.68. The lowest BCUT2D eigenvalue weighted by molar-refractivity contribution is -0.122. The van der Waals surface area contributed by atoms with E-state index in [9.17, 15) is 4.79 Å². The zero-order valence-electron chi connectivity index (χ0n) is 10.1. The number of benzene rings is 1. The lowest BCUT2D eigenvalue weighted by Crippen LogP contribution is -2.27. The van der Waals surface area contributed by atoms with E-state index in [1.54, 1.807) is 18.2 Å². The SMILES string of the molecule is CC(C(=O)NCc1ccon1)c1cccc(N)c1. The first-order valence-electron chi connectivity index (χ1n) is 5.69. The van der Waals surface area contributed by atoms with Gasteiger partial charge in [-0.1, -0.05) is 17.3 Å². The number of nitrogens with zero attached hydrogens (tertiary/aromatic N) is 1. The smallest absolute Gasteiger partial charge is 0.227 e. The number of hydrogen-bond acceptors (Lipinski definition) is 4. The van der Waals surface area contributed by atoms with Crippen LogP contribution in [0.4, 0.5) is 5.69 Å². The zero-order valence-corrected chi connectivity index (χ0v) is 10.1. The van der Waals surface area contributed by atoms with Crippen molar-refractivity contribution in [2.75, 3.05) is 5.73 Å². The monoisotopic (exact) mass is 245 g/mol. The molecular weight excluding hydrogens is 230 g/mol. The van der Waals surface area contributed by atoms with Gasteiger partial charge in [-0.25, -0.2) is 0 Å². The number of aromatic nitrogens is 1. The van der Waals surface area contributed by atoms with Crippen LogP contribution in [0.1, 0.15) is 24.1 Å². The number of anilines is 1. The number of carbonyl (C=O) groups is 1. The molecule has 0 fully saturated rings. The minimum Gasteiger partial charge on any atom is -0.399 e. The number of nitrogens with one attached hydrogen (secondary N) is 1. The molecule has 0 aliphatic carbocycles. The van der Waals surface area contributed by atoms with Crippen molar-refractivity contribution in [3.05, 3.63) is 47.9 Å². The van der Waals surface area contributed by atoms with Crippen molar-refractivity contribution in [3.8, 4) is 0 Å². The molecule has 0 radical (unpaired) electrons. The molecule has 2 rings (SSSR count). The number of rotatable bonds is 4. The van der Waals surface area contributed by atoms with Gasteiger partial charge in [0.2, 0.25) is 5.91 Å². The summed E-state index contributed by atoms with van der Waals surface area (Å²) in [6.45, 7) is 2.20. The van der Waals surface area contributed by atoms with Gasteiger partial charge in [0.1, 0.15) is 12.0 Å². The first-order valence-corrected chi connectivity index (χ1v) is 5.69. The normalized spacial score (nSPS) is 12.1. The summed E-state index contributed by atoms with van der Waals surface area (Å²) < 4.78 is 4.69. The Morgan fingerprint density at radius 3 is 3.00 bits per heavy atom. The molecule has 94 valence electrons. The fourth-order valence-corrected chi connectivity index (χ4v) is 1.64. The summed E-state index contributed by atoms with van der Waals surface area (Å²) in [6, 6.07) is 9.04. The van der Waals surface area contributed by atoms with Gasteiger partial charge in [0, 0.05) is 11.8 Å². The van der Waals surface area contributed by atoms with Crippen LogP contribution in [-0.4, -0.2) is 11.1 Å². The molecule has 1 aromatic heterocycles. The van der Waals surface area contributed by atoms with Gasteiger partial charge in [-0.15, -0.1) is 0 Å². The highest BCUT2D eigenvalue weighted by atomic mass is 16.5. The first-order chi connectivity index (χ1) is 8.66. The van der Waals surface area contributed by atoms with Crippen molar-refractivity contribution < 1.29 is 9.32 Å². The van der Waals surface area contributed by atoms with E-state index >= 15 is 0 Å². The molecule has 0 bridgehead atoms. The molecule has 0 saturated heterocycles. The second-order valence-electron chi connectivity index (χ2n) is 4.10. The van der Waals surface area contributed by atoms with Crippen molar-refractivity contribution in [2.45, 2.75) is 19.4 Å². The van der Waals surface area contributed by atoms with Crippen molar-refractivity contribution in [1.29, 1.82) is 0 Å². The molecule has 1 aromatic carbocycles. The Hall–Kier alpha value is -2.30. The Labute approximate surface area is 105 Å². The lowest BCUT2D eigenvalue weighted by atomic mass is 10.00. The Kier molecular flexibility index (Phi) is 3.62. The van der Waals surface area contributed by atoms with E-state index in [1.165, 1.54) is 6.26 Å². The molecule has 5 nitrogen and oxygen atoms in total. The van der Waals surface area contributed by atoms with E-state index in [0.29, 0.717) is 17.9 Å². The molecule has 0 aliphatic heterocycles. The molecule has 3 N–H and O–H groups in total. The third-order valence-electron chi connectivity index (χ3n) is 2.74. The number of nitrogens with two attached hydrogens (primary N) is 1. The minimum atomic E-state index is -0.250. The van der Waals surface area contributed by atoms with E-state index in [-0.39, 0.29) is 11.8 Å². The molecular formula is C13H15N3O2. The van der Waals surface area contributed by atoms with Gasteiger partial charge < -0.3 is 15.6 Å². The number of carbonyl (C=O) groups excluding carboxylic acids is 1. The highest BCUT2D eigenvalue weighted by Crippen LogP contribution is 2.17. The van der Waals surface area contributed by atoms with Gasteiger partial charge in [0.25, 0.3) is 0 Å². The van der Waals surface area contributed by atoms with Crippen LogP contribution in [0.3, 0.4) is 0 Å². The molecule has 1 atom stereocenters. The number of hydrogen-bond donors (Lipinski definition) is 2. The van der Waals surface area contributed by atoms with Crippen LogP contribution < -0.4 is 11.1 Å². The third kappa shape index (κ3) is 2.88. The minimum absolute atomic E-state index is 0.0661. The third-order valence-corrected chi connectivity index (χ3v) is 2.74. The van der Waals surface area contributed by atoms with Crippen LogP contribution in [-0.2, 0) is 11.3 Å². The highest BCUT2D eigenvalue weighted by Gasteiger charge is 2.15. The zero-order chi connectivity index (χ0) is 13.0. The number of nitrogen functional groups attached to an aromatic ring is 1. The fourth-order valence-electron chi connectivity index (χ4n) is 1.64. The summed E-state index contributed by atoms with van der Waals surface area (Å²) in [5, 5.41) is 6.53. The highest BCUT2D eigenvalue weighted by molar-refractivity contribution is 5.83. The van der Waals surface area contributed by atoms with E-state index in [2.05, 4.69) is 15.0 Å². The van der Waals surface area contributed by atoms with Crippen molar-refractivity contribution >= 4 is 11.6 Å². The maximum absolute atomic E-state index is 11.9. The standard InChI is InChI=1S/C13H15N3O2/c1-9(10-3-2-4-11(14)7-10)13(17)15-8-12-5-6-18-16-12/h2-7,9H,8,14H2,1H3,(H,15,17). The molecule has 1 unspecified atom stereocenters. The van der Waals surface area contributed by atoms with Gasteiger partial charge in [-0.3, -0.25) is 4.79 Å². The summed E-state index contributed by atoms with van der Waals surface area (Å²) in [6.07, 6.45) is 1.48. The summed E-state index contributed by atoms with van der Waals surface area (Å²) in [5.41, 5.74) is 7.94. The summed E-state index contributed by atoms with van der Waals surface area (Å²) in [4.78, 5) is 11.9. The Morgan fingerprint density at radius 2 is 2.33 bits per heavy atom. The summed E-state index contributed by atoms with van der Waals surface area (Å²) in [7, 11) is 0. The van der Waals surface area contributed by atoms with E-state index in [0.717, 1.165) is 5.56 Å². The topological polar surface area (TPSA) is 81.2 Å². The van der Waals surface area contributed by atoms with Gasteiger partial charge in [0.05, 0.1) is 12.5 Å². The van der Waals surface area contributed by atoms with E-state index < -0.39 is 0 Å². The van der Waals surface area contributed by atoms with Crippen molar-refractivity contribution in [1.82, 2.24) is 10.5 Å². The van der Waals surface area contributed by atoms with Crippen molar-refractivity contribution in [2.24, 2.45) is 0 Å². The maximum Gasteiger partial charge on any atom is 0.227 e. The maximum atomic E-state index is 11.9. The first kappa shape index (κ1) is 12.2. The summed E-state index contributed by atoms with van der Waals surface area (Å²) in [5.74, 6) is -0.316. The molecule has 5 heteroatoms. The quantitative estimate of drug-likeness (QED) is 0.803. The average molecular weight is 245 g/mol. The largest absolute Gasteiger partial charge is 0.399 e. The van der Waals surface area contributed by atoms with Crippen LogP contribution in [0.15, 0.2) is 41.1 Å². The molecule has 0 saturated carbocycles. The predicted molar refractivity (Wildman–Crippen MR) is 67.6 cm³/mol. The summed E-state index contributed by atoms with van der Waals surface area (Å²) >= 11 is 0. The second kappa shape index (κ2) is 5.35. The molecule has 18 heavy (non-hydrogen) atoms. The van der Waals surface area contributed by atoms with Crippen LogP contribution in [0.5, 0.6) is 0 Å². The van der Waals surface area contributed by atoms with Crippen LogP contribution in [0.2, 0.25) is 0 Å². The average Bonchev–Trinajstić information content (AvgIpc) is 2.88. The molecule has 0 spiro atoms. The Bertz CT molecular complexity index is 523. The second-order valence-corrected chi connectivity index (χ2v) is 4.10. The van der Waals surface area contributed by atoms with Crippen LogP contribution in [0.25, 0.3) is 0 Å². The fraction of sp³-hybridized carbons (Fsp3) is 0.231. The Morgan fingerprint density at radius 1 is 1.50 bits per heavy atom. The molecule has 0 aliphatic rings. The van der Waals surface area contributed by atoms with Gasteiger partial charge >= 0.3 is 0 Å². The molecule has 1 amide bonds. The number of amides is 1. The van der Waals surface area contributed by atoms with E-state index in [4.69, 9.17) is 5.73 Å². The van der Waals surface area contributed by atoms with Gasteiger partial charge in [0.15, 0.2) is 0 Å². The van der Waals surface area contributed by atoms with Crippen LogP contribution in [0, 0.1) is 0 Å².